The first-order valence-electron chi connectivity index (χ1n) is 11.4. The van der Waals surface area contributed by atoms with E-state index in [1.807, 2.05) is 18.2 Å². The largest absolute Gasteiger partial charge is 0.433 e. The second kappa shape index (κ2) is 9.12. The lowest BCUT2D eigenvalue weighted by Gasteiger charge is -2.26. The molecular weight excluding hydrogens is 491 g/mol. The molecule has 4 aromatic rings. The number of benzene rings is 2. The van der Waals surface area contributed by atoms with Gasteiger partial charge in [-0.15, -0.1) is 0 Å². The first kappa shape index (κ1) is 24.1. The van der Waals surface area contributed by atoms with E-state index < -0.39 is 21.7 Å². The number of anilines is 2. The van der Waals surface area contributed by atoms with Gasteiger partial charge in [0.2, 0.25) is 0 Å². The molecule has 1 aliphatic heterocycles. The number of rotatable bonds is 4. The van der Waals surface area contributed by atoms with Crippen molar-refractivity contribution in [2.45, 2.75) is 17.5 Å². The molecule has 2 aromatic heterocycles. The van der Waals surface area contributed by atoms with Crippen LogP contribution in [0, 0.1) is 0 Å². The van der Waals surface area contributed by atoms with Crippen LogP contribution < -0.4 is 9.80 Å². The first-order chi connectivity index (χ1) is 17.1. The van der Waals surface area contributed by atoms with Crippen molar-refractivity contribution in [2.75, 3.05) is 42.2 Å². The Balaban J connectivity index is 1.43. The molecule has 1 aliphatic rings. The van der Waals surface area contributed by atoms with Crippen LogP contribution in [0.15, 0.2) is 65.8 Å². The molecule has 1 saturated heterocycles. The molecule has 2 aromatic carbocycles. The molecule has 0 spiro atoms. The summed E-state index contributed by atoms with van der Waals surface area (Å²) in [6.45, 7) is 2.96. The molecular formula is C25H24F3N5O2S. The average Bonchev–Trinajstić information content (AvgIpc) is 3.23. The number of halogens is 3. The van der Waals surface area contributed by atoms with Crippen molar-refractivity contribution in [1.29, 1.82) is 0 Å². The second-order valence-corrected chi connectivity index (χ2v) is 10.8. The van der Waals surface area contributed by atoms with Gasteiger partial charge in [0, 0.05) is 61.0 Å². The average molecular weight is 516 g/mol. The fourth-order valence-corrected chi connectivity index (χ4v) is 5.25. The van der Waals surface area contributed by atoms with E-state index in [9.17, 15) is 21.6 Å². The van der Waals surface area contributed by atoms with Crippen LogP contribution in [-0.4, -0.2) is 56.0 Å². The maximum atomic E-state index is 13.4. The zero-order valence-corrected chi connectivity index (χ0v) is 20.3. The van der Waals surface area contributed by atoms with E-state index >= 15 is 0 Å². The summed E-state index contributed by atoms with van der Waals surface area (Å²) in [5, 5.41) is 6.46. The molecule has 0 amide bonds. The van der Waals surface area contributed by atoms with E-state index in [-0.39, 0.29) is 10.5 Å². The Bertz CT molecular complexity index is 1500. The lowest BCUT2D eigenvalue weighted by Crippen LogP contribution is -2.30. The molecule has 0 bridgehead atoms. The van der Waals surface area contributed by atoms with Crippen LogP contribution in [0.4, 0.5) is 24.5 Å². The van der Waals surface area contributed by atoms with Crippen LogP contribution in [0.5, 0.6) is 0 Å². The summed E-state index contributed by atoms with van der Waals surface area (Å²) < 4.78 is 63.8. The van der Waals surface area contributed by atoms with Gasteiger partial charge in [0.1, 0.15) is 5.69 Å². The summed E-state index contributed by atoms with van der Waals surface area (Å²) in [7, 11) is -3.25. The van der Waals surface area contributed by atoms with E-state index in [0.29, 0.717) is 24.2 Å². The van der Waals surface area contributed by atoms with Gasteiger partial charge in [-0.25, -0.2) is 8.42 Å². The van der Waals surface area contributed by atoms with Crippen molar-refractivity contribution in [1.82, 2.24) is 15.2 Å². The van der Waals surface area contributed by atoms with Gasteiger partial charge in [-0.05, 0) is 54.4 Å². The van der Waals surface area contributed by atoms with Crippen LogP contribution in [0.3, 0.4) is 0 Å². The number of nitrogens with zero attached hydrogens (tertiary/aromatic N) is 4. The molecule has 0 atom stereocenters. The minimum absolute atomic E-state index is 0.00112. The molecule has 0 unspecified atom stereocenters. The first-order valence-corrected chi connectivity index (χ1v) is 13.3. The standard InChI is InChI=1S/C25H24F3N5O2S/c1-36(34,35)19-6-4-18(5-7-19)32-11-2-12-33(14-13-32)23-9-10-29-22-8-3-17(15-20(22)23)21-16-30-31-24(21)25(26,27)28/h3-10,15-16H,2,11-14H2,1H3,(H,30,31). The second-order valence-electron chi connectivity index (χ2n) is 8.81. The zero-order chi connectivity index (χ0) is 25.5. The molecule has 5 rings (SSSR count). The minimum atomic E-state index is -4.54. The number of nitrogens with one attached hydrogen (secondary N) is 1. The molecule has 1 N–H and O–H groups in total. The number of aromatic amines is 1. The van der Waals surface area contributed by atoms with Crippen LogP contribution >= 0.6 is 0 Å². The van der Waals surface area contributed by atoms with Gasteiger partial charge in [0.05, 0.1) is 16.6 Å². The van der Waals surface area contributed by atoms with Crippen LogP contribution in [0.25, 0.3) is 22.0 Å². The Hall–Kier alpha value is -3.60. The number of alkyl halides is 3. The summed E-state index contributed by atoms with van der Waals surface area (Å²) in [6.07, 6.45) is 0.415. The van der Waals surface area contributed by atoms with Crippen molar-refractivity contribution >= 4 is 32.1 Å². The Kier molecular flexibility index (Phi) is 6.11. The molecule has 1 fully saturated rings. The van der Waals surface area contributed by atoms with Crippen LogP contribution in [0.1, 0.15) is 12.1 Å². The third kappa shape index (κ3) is 4.75. The number of pyridine rings is 1. The van der Waals surface area contributed by atoms with Gasteiger partial charge < -0.3 is 9.80 Å². The van der Waals surface area contributed by atoms with E-state index in [1.165, 1.54) is 12.5 Å². The quantitative estimate of drug-likeness (QED) is 0.422. The number of aromatic nitrogens is 3. The molecule has 11 heteroatoms. The molecule has 0 saturated carbocycles. The molecule has 0 radical (unpaired) electrons. The monoisotopic (exact) mass is 515 g/mol. The highest BCUT2D eigenvalue weighted by Crippen LogP contribution is 2.37. The Morgan fingerprint density at radius 2 is 1.67 bits per heavy atom. The molecule has 188 valence electrons. The summed E-state index contributed by atoms with van der Waals surface area (Å²) in [6, 6.07) is 13.9. The number of hydrogen-bond acceptors (Lipinski definition) is 6. The number of hydrogen-bond donors (Lipinski definition) is 1. The third-order valence-corrected chi connectivity index (χ3v) is 7.55. The Morgan fingerprint density at radius 3 is 2.39 bits per heavy atom. The van der Waals surface area contributed by atoms with Gasteiger partial charge in [0.15, 0.2) is 9.84 Å². The van der Waals surface area contributed by atoms with Gasteiger partial charge in [-0.1, -0.05) is 6.07 Å². The number of H-pyrrole nitrogens is 1. The van der Waals surface area contributed by atoms with Crippen molar-refractivity contribution in [2.24, 2.45) is 0 Å². The fourth-order valence-electron chi connectivity index (χ4n) is 4.62. The van der Waals surface area contributed by atoms with Crippen LogP contribution in [0.2, 0.25) is 0 Å². The van der Waals surface area contributed by atoms with Crippen molar-refractivity contribution in [3.05, 3.63) is 66.6 Å². The highest BCUT2D eigenvalue weighted by atomic mass is 32.2. The Labute approximate surface area is 206 Å². The van der Waals surface area contributed by atoms with E-state index in [1.54, 1.807) is 36.5 Å². The maximum absolute atomic E-state index is 13.4. The van der Waals surface area contributed by atoms with Gasteiger partial charge in [0.25, 0.3) is 0 Å². The Morgan fingerprint density at radius 1 is 0.944 bits per heavy atom. The highest BCUT2D eigenvalue weighted by molar-refractivity contribution is 7.90. The highest BCUT2D eigenvalue weighted by Gasteiger charge is 2.36. The normalized spacial score (nSPS) is 15.3. The summed E-state index contributed by atoms with van der Waals surface area (Å²) in [5.74, 6) is 0. The van der Waals surface area contributed by atoms with E-state index in [0.717, 1.165) is 36.3 Å². The van der Waals surface area contributed by atoms with Gasteiger partial charge in [-0.3, -0.25) is 10.1 Å². The lowest BCUT2D eigenvalue weighted by atomic mass is 10.0. The lowest BCUT2D eigenvalue weighted by molar-refractivity contribution is -0.140. The topological polar surface area (TPSA) is 82.2 Å². The number of fused-ring (bicyclic) bond motifs is 1. The maximum Gasteiger partial charge on any atom is 0.433 e. The van der Waals surface area contributed by atoms with E-state index in [2.05, 4.69) is 25.0 Å². The third-order valence-electron chi connectivity index (χ3n) is 6.42. The predicted molar refractivity (Wildman–Crippen MR) is 133 cm³/mol. The molecule has 7 nitrogen and oxygen atoms in total. The smallest absolute Gasteiger partial charge is 0.370 e. The van der Waals surface area contributed by atoms with Crippen molar-refractivity contribution < 1.29 is 21.6 Å². The van der Waals surface area contributed by atoms with Crippen molar-refractivity contribution in [3.63, 3.8) is 0 Å². The summed E-state index contributed by atoms with van der Waals surface area (Å²) >= 11 is 0. The zero-order valence-electron chi connectivity index (χ0n) is 19.5. The van der Waals surface area contributed by atoms with Crippen LogP contribution in [-0.2, 0) is 16.0 Å². The summed E-state index contributed by atoms with van der Waals surface area (Å²) in [4.78, 5) is 9.13. The van der Waals surface area contributed by atoms with Crippen molar-refractivity contribution in [3.8, 4) is 11.1 Å². The predicted octanol–water partition coefficient (Wildman–Crippen LogP) is 4.76. The molecule has 36 heavy (non-hydrogen) atoms. The van der Waals surface area contributed by atoms with E-state index in [4.69, 9.17) is 0 Å². The fraction of sp³-hybridized carbons (Fsp3) is 0.280. The number of sulfone groups is 1. The molecule has 3 heterocycles. The SMILES string of the molecule is CS(=O)(=O)c1ccc(N2CCCN(c3ccnc4ccc(-c5cn[nH]c5C(F)(F)F)cc34)CC2)cc1. The minimum Gasteiger partial charge on any atom is -0.370 e. The van der Waals surface area contributed by atoms with Gasteiger partial charge >= 0.3 is 6.18 Å². The summed E-state index contributed by atoms with van der Waals surface area (Å²) in [5.41, 5.74) is 2.10. The van der Waals surface area contributed by atoms with Gasteiger partial charge in [-0.2, -0.15) is 18.3 Å². The molecule has 0 aliphatic carbocycles.